The average molecular weight is 527 g/mol. The highest BCUT2D eigenvalue weighted by Gasteiger charge is 2.23. The molecule has 198 valence electrons. The minimum atomic E-state index is -0.869. The number of aromatic nitrogens is 4. The average Bonchev–Trinajstić information content (AvgIpc) is 3.63. The maximum atomic E-state index is 15.4. The van der Waals surface area contributed by atoms with Gasteiger partial charge in [0.15, 0.2) is 0 Å². The van der Waals surface area contributed by atoms with Gasteiger partial charge in [-0.3, -0.25) is 10.2 Å². The quantitative estimate of drug-likeness (QED) is 0.251. The molecular weight excluding hydrogens is 499 g/mol. The van der Waals surface area contributed by atoms with E-state index in [1.807, 2.05) is 42.7 Å². The number of nitrogens with zero attached hydrogens (tertiary/aromatic N) is 3. The summed E-state index contributed by atoms with van der Waals surface area (Å²) in [5, 5.41) is 0. The summed E-state index contributed by atoms with van der Waals surface area (Å²) >= 11 is 0. The van der Waals surface area contributed by atoms with Crippen LogP contribution in [0.1, 0.15) is 54.1 Å². The van der Waals surface area contributed by atoms with Crippen LogP contribution in [-0.2, 0) is 11.3 Å². The molecule has 2 aromatic heterocycles. The zero-order chi connectivity index (χ0) is 26.8. The number of aromatic amines is 1. The number of H-pyrrole nitrogens is 1. The maximum Gasteiger partial charge on any atom is 0.426 e. The van der Waals surface area contributed by atoms with E-state index in [1.54, 1.807) is 12.1 Å². The van der Waals surface area contributed by atoms with Gasteiger partial charge in [-0.2, -0.15) is 0 Å². The van der Waals surface area contributed by atoms with Gasteiger partial charge in [0.1, 0.15) is 18.0 Å². The van der Waals surface area contributed by atoms with Gasteiger partial charge < -0.3 is 14.3 Å². The first-order valence-electron chi connectivity index (χ1n) is 13.0. The van der Waals surface area contributed by atoms with Crippen molar-refractivity contribution in [3.05, 3.63) is 84.2 Å². The van der Waals surface area contributed by atoms with Crippen LogP contribution in [0.15, 0.2) is 67.3 Å². The number of benzene rings is 3. The van der Waals surface area contributed by atoms with Crippen molar-refractivity contribution in [1.29, 1.82) is 0 Å². The zero-order valence-corrected chi connectivity index (χ0v) is 21.1. The normalized spacial score (nSPS) is 14.0. The number of hydrazine groups is 1. The fourth-order valence-electron chi connectivity index (χ4n) is 5.30. The number of carbonyl (C=O) groups excluding carboxylic acids is 2. The highest BCUT2D eigenvalue weighted by atomic mass is 19.1. The molecule has 0 radical (unpaired) electrons. The minimum Gasteiger partial charge on any atom is -0.443 e. The number of ether oxygens (including phenoxy) is 1. The second-order valence-corrected chi connectivity index (χ2v) is 9.70. The van der Waals surface area contributed by atoms with Crippen molar-refractivity contribution < 1.29 is 18.7 Å². The predicted molar refractivity (Wildman–Crippen MR) is 144 cm³/mol. The Morgan fingerprint density at radius 3 is 2.67 bits per heavy atom. The number of hydrogen-bond acceptors (Lipinski definition) is 5. The first-order chi connectivity index (χ1) is 19.1. The smallest absolute Gasteiger partial charge is 0.426 e. The number of imidazole rings is 2. The third-order valence-corrected chi connectivity index (χ3v) is 7.23. The van der Waals surface area contributed by atoms with Gasteiger partial charge in [0, 0.05) is 11.6 Å². The number of hydrogen-bond donors (Lipinski definition) is 3. The molecule has 5 aromatic rings. The van der Waals surface area contributed by atoms with E-state index in [4.69, 9.17) is 4.74 Å². The summed E-state index contributed by atoms with van der Waals surface area (Å²) < 4.78 is 22.7. The monoisotopic (exact) mass is 526 g/mol. The van der Waals surface area contributed by atoms with Crippen LogP contribution in [0.5, 0.6) is 0 Å². The first-order valence-corrected chi connectivity index (χ1v) is 13.0. The lowest BCUT2D eigenvalue weighted by atomic mass is 9.95. The molecule has 0 saturated heterocycles. The number of amides is 2. The van der Waals surface area contributed by atoms with Gasteiger partial charge in [-0.05, 0) is 42.2 Å². The summed E-state index contributed by atoms with van der Waals surface area (Å²) in [5.41, 5.74) is 8.68. The van der Waals surface area contributed by atoms with Crippen LogP contribution in [0.2, 0.25) is 0 Å². The molecule has 3 aromatic carbocycles. The van der Waals surface area contributed by atoms with Crippen LogP contribution in [0.3, 0.4) is 0 Å². The summed E-state index contributed by atoms with van der Waals surface area (Å²) in [6.07, 6.45) is 8.45. The Balaban J connectivity index is 1.22. The zero-order valence-electron chi connectivity index (χ0n) is 21.1. The third kappa shape index (κ3) is 4.93. The van der Waals surface area contributed by atoms with E-state index in [0.29, 0.717) is 17.1 Å². The summed E-state index contributed by atoms with van der Waals surface area (Å²) in [7, 11) is 0. The Labute approximate surface area is 223 Å². The molecule has 0 spiro atoms. The molecule has 1 aliphatic rings. The molecule has 9 nitrogen and oxygen atoms in total. The molecule has 1 saturated carbocycles. The number of carbonyl (C=O) groups is 2. The van der Waals surface area contributed by atoms with Gasteiger partial charge in [0.05, 0.1) is 34.7 Å². The van der Waals surface area contributed by atoms with E-state index in [2.05, 4.69) is 30.4 Å². The summed E-state index contributed by atoms with van der Waals surface area (Å²) in [6.45, 7) is 0.0274. The molecule has 39 heavy (non-hydrogen) atoms. The van der Waals surface area contributed by atoms with Crippen molar-refractivity contribution in [2.75, 3.05) is 0 Å². The van der Waals surface area contributed by atoms with Crippen LogP contribution in [0, 0.1) is 5.82 Å². The topological polar surface area (TPSA) is 114 Å². The van der Waals surface area contributed by atoms with E-state index >= 15 is 4.39 Å². The number of halogens is 1. The molecule has 6 rings (SSSR count). The molecule has 2 heterocycles. The Morgan fingerprint density at radius 1 is 1.03 bits per heavy atom. The van der Waals surface area contributed by atoms with Crippen molar-refractivity contribution in [2.24, 2.45) is 0 Å². The molecule has 1 aliphatic carbocycles. The van der Waals surface area contributed by atoms with Gasteiger partial charge in [-0.25, -0.2) is 24.6 Å². The number of fused-ring (bicyclic) bond motifs is 2. The summed E-state index contributed by atoms with van der Waals surface area (Å²) in [4.78, 5) is 36.7. The Bertz CT molecular complexity index is 1660. The largest absolute Gasteiger partial charge is 0.443 e. The van der Waals surface area contributed by atoms with E-state index in [1.165, 1.54) is 31.7 Å². The molecule has 0 unspecified atom stereocenters. The Hall–Kier alpha value is -4.73. The molecule has 10 heteroatoms. The lowest BCUT2D eigenvalue weighted by Gasteiger charge is -2.23. The highest BCUT2D eigenvalue weighted by Crippen LogP contribution is 2.35. The van der Waals surface area contributed by atoms with Gasteiger partial charge >= 0.3 is 6.09 Å². The molecule has 0 aliphatic heterocycles. The third-order valence-electron chi connectivity index (χ3n) is 7.23. The summed E-state index contributed by atoms with van der Waals surface area (Å²) in [5.74, 6) is -1.60. The molecule has 0 atom stereocenters. The van der Waals surface area contributed by atoms with Gasteiger partial charge in [-0.15, -0.1) is 0 Å². The molecule has 1 fully saturated rings. The van der Waals surface area contributed by atoms with Crippen LogP contribution >= 0.6 is 0 Å². The fraction of sp³-hybridized carbons (Fsp3) is 0.241. The minimum absolute atomic E-state index is 0.0274. The van der Waals surface area contributed by atoms with Gasteiger partial charge in [0.2, 0.25) is 0 Å². The number of rotatable bonds is 5. The number of nitrogens with one attached hydrogen (secondary N) is 3. The van der Waals surface area contributed by atoms with Gasteiger partial charge in [-0.1, -0.05) is 55.7 Å². The van der Waals surface area contributed by atoms with Crippen molar-refractivity contribution >= 4 is 34.1 Å². The van der Waals surface area contributed by atoms with Crippen molar-refractivity contribution in [3.63, 3.8) is 0 Å². The Kier molecular flexibility index (Phi) is 6.66. The lowest BCUT2D eigenvalue weighted by molar-refractivity contribution is 0.0902. The lowest BCUT2D eigenvalue weighted by Crippen LogP contribution is -2.42. The van der Waals surface area contributed by atoms with E-state index < -0.39 is 17.8 Å². The van der Waals surface area contributed by atoms with Crippen LogP contribution in [0.25, 0.3) is 33.2 Å². The van der Waals surface area contributed by atoms with Crippen LogP contribution in [-0.4, -0.2) is 31.5 Å². The second-order valence-electron chi connectivity index (χ2n) is 9.70. The van der Waals surface area contributed by atoms with Gasteiger partial charge in [0.25, 0.3) is 5.91 Å². The summed E-state index contributed by atoms with van der Waals surface area (Å²) in [6, 6.07) is 16.7. The standard InChI is InChI=1S/C29H27FN6O3/c30-22-14-21(19-11-12-24-23(13-19)33-17-36(24)20-9-5-2-6-10-20)26-27(32-16-31-26)25(22)28(37)34-35-29(38)39-15-18-7-3-1-4-8-18/h1,3-4,7-8,11-14,16-17,20H,2,5-6,9-10,15H2,(H,31,32)(H,34,37)(H,35,38). The molecule has 2 amide bonds. The first kappa shape index (κ1) is 24.6. The van der Waals surface area contributed by atoms with Crippen molar-refractivity contribution in [1.82, 2.24) is 30.4 Å². The molecule has 3 N–H and O–H groups in total. The second kappa shape index (κ2) is 10.6. The predicted octanol–water partition coefficient (Wildman–Crippen LogP) is 5.80. The Morgan fingerprint density at radius 2 is 1.85 bits per heavy atom. The maximum absolute atomic E-state index is 15.4. The van der Waals surface area contributed by atoms with Crippen molar-refractivity contribution in [3.8, 4) is 11.1 Å². The van der Waals surface area contributed by atoms with Crippen molar-refractivity contribution in [2.45, 2.75) is 44.8 Å². The highest BCUT2D eigenvalue weighted by molar-refractivity contribution is 6.09. The van der Waals surface area contributed by atoms with Crippen LogP contribution in [0.4, 0.5) is 9.18 Å². The van der Waals surface area contributed by atoms with Crippen LogP contribution < -0.4 is 10.9 Å². The molecular formula is C29H27FN6O3. The fourth-order valence-corrected chi connectivity index (χ4v) is 5.30. The van der Waals surface area contributed by atoms with E-state index in [-0.39, 0.29) is 17.7 Å². The molecule has 0 bridgehead atoms. The van der Waals surface area contributed by atoms with E-state index in [9.17, 15) is 9.59 Å². The SMILES string of the molecule is O=C(NNC(=O)c1c(F)cc(-c2ccc3c(c2)ncn3C2CCCCC2)c2nc[nH]c12)OCc1ccccc1. The van der Waals surface area contributed by atoms with E-state index in [0.717, 1.165) is 35.0 Å².